The number of hydrogen-bond acceptors (Lipinski definition) is 5. The molecule has 7 nitrogen and oxygen atoms in total. The number of carbonyl (C=O) groups excluding carboxylic acids is 2. The van der Waals surface area contributed by atoms with E-state index in [0.717, 1.165) is 11.1 Å². The smallest absolute Gasteiger partial charge is 0.253 e. The third-order valence-electron chi connectivity index (χ3n) is 5.97. The molecule has 0 aliphatic rings. The SMILES string of the molecule is COCCOc1cc(Cc2ccc3oc(-c4ccc(F)cc4)c(C(N)=O)c3c2)cc(C(=O)NCC(C)C)c1. The summed E-state index contributed by atoms with van der Waals surface area (Å²) in [6, 6.07) is 16.6. The van der Waals surface area contributed by atoms with Gasteiger partial charge >= 0.3 is 0 Å². The number of nitrogens with one attached hydrogen (secondary N) is 1. The maximum atomic E-state index is 13.4. The summed E-state index contributed by atoms with van der Waals surface area (Å²) in [5, 5.41) is 3.51. The Bertz CT molecular complexity index is 1440. The summed E-state index contributed by atoms with van der Waals surface area (Å²) in [6.45, 7) is 5.39. The number of amides is 2. The minimum Gasteiger partial charge on any atom is -0.491 e. The summed E-state index contributed by atoms with van der Waals surface area (Å²) >= 11 is 0. The molecule has 0 atom stereocenters. The van der Waals surface area contributed by atoms with E-state index in [-0.39, 0.29) is 11.5 Å². The van der Waals surface area contributed by atoms with Gasteiger partial charge in [0.25, 0.3) is 11.8 Å². The second-order valence-electron chi connectivity index (χ2n) is 9.50. The molecule has 0 spiro atoms. The number of rotatable bonds is 11. The standard InChI is InChI=1S/C30H31FN2O5/c1-18(2)17-33-30(35)22-13-20(14-24(16-22)37-11-10-36-3)12-19-4-9-26-25(15-19)27(29(32)34)28(38-26)21-5-7-23(31)8-6-21/h4-9,13-16,18H,10-12,17H2,1-3H3,(H2,32,34)(H,33,35). The Morgan fingerprint density at radius 3 is 2.45 bits per heavy atom. The Balaban J connectivity index is 1.69. The molecule has 0 aliphatic carbocycles. The molecule has 2 amide bonds. The minimum absolute atomic E-state index is 0.178. The van der Waals surface area contributed by atoms with Crippen molar-refractivity contribution in [3.8, 4) is 17.1 Å². The van der Waals surface area contributed by atoms with Crippen molar-refractivity contribution in [2.24, 2.45) is 11.7 Å². The lowest BCUT2D eigenvalue weighted by Crippen LogP contribution is -2.27. The van der Waals surface area contributed by atoms with Gasteiger partial charge in [-0.25, -0.2) is 4.39 Å². The van der Waals surface area contributed by atoms with Gasteiger partial charge in [-0.1, -0.05) is 19.9 Å². The molecule has 0 aliphatic heterocycles. The monoisotopic (exact) mass is 518 g/mol. The van der Waals surface area contributed by atoms with Gasteiger partial charge in [-0.15, -0.1) is 0 Å². The van der Waals surface area contributed by atoms with Gasteiger partial charge in [0.2, 0.25) is 0 Å². The minimum atomic E-state index is -0.641. The Hall–Kier alpha value is -4.17. The van der Waals surface area contributed by atoms with Gasteiger partial charge in [0.1, 0.15) is 29.5 Å². The molecule has 8 heteroatoms. The molecule has 1 heterocycles. The Morgan fingerprint density at radius 2 is 1.76 bits per heavy atom. The summed E-state index contributed by atoms with van der Waals surface area (Å²) in [6.07, 6.45) is 0.469. The van der Waals surface area contributed by atoms with Gasteiger partial charge in [0, 0.05) is 30.2 Å². The molecule has 4 aromatic rings. The molecule has 0 unspecified atom stereocenters. The van der Waals surface area contributed by atoms with E-state index in [1.165, 1.54) is 12.1 Å². The average molecular weight is 519 g/mol. The number of ether oxygens (including phenoxy) is 2. The van der Waals surface area contributed by atoms with E-state index in [2.05, 4.69) is 5.32 Å². The highest BCUT2D eigenvalue weighted by Gasteiger charge is 2.21. The van der Waals surface area contributed by atoms with Crippen molar-refractivity contribution in [1.82, 2.24) is 5.32 Å². The number of benzene rings is 3. The largest absolute Gasteiger partial charge is 0.491 e. The van der Waals surface area contributed by atoms with Crippen LogP contribution in [0.5, 0.6) is 5.75 Å². The van der Waals surface area contributed by atoms with Crippen LogP contribution < -0.4 is 15.8 Å². The number of nitrogens with two attached hydrogens (primary N) is 1. The predicted octanol–water partition coefficient (Wildman–Crippen LogP) is 5.34. The van der Waals surface area contributed by atoms with E-state index in [1.54, 1.807) is 31.4 Å². The number of hydrogen-bond donors (Lipinski definition) is 2. The number of fused-ring (bicyclic) bond motifs is 1. The third kappa shape index (κ3) is 6.39. The summed E-state index contributed by atoms with van der Waals surface area (Å²) in [7, 11) is 1.60. The van der Waals surface area contributed by atoms with Gasteiger partial charge in [0.15, 0.2) is 0 Å². The van der Waals surface area contributed by atoms with E-state index >= 15 is 0 Å². The normalized spacial score (nSPS) is 11.2. The maximum Gasteiger partial charge on any atom is 0.253 e. The van der Waals surface area contributed by atoms with E-state index in [4.69, 9.17) is 19.6 Å². The maximum absolute atomic E-state index is 13.4. The van der Waals surface area contributed by atoms with Crippen molar-refractivity contribution in [2.75, 3.05) is 26.9 Å². The number of primary amides is 1. The van der Waals surface area contributed by atoms with Crippen LogP contribution in [0.15, 0.2) is 65.1 Å². The van der Waals surface area contributed by atoms with Crippen LogP contribution in [0.4, 0.5) is 4.39 Å². The highest BCUT2D eigenvalue weighted by Crippen LogP contribution is 2.34. The lowest BCUT2D eigenvalue weighted by molar-refractivity contribution is 0.0947. The number of halogens is 1. The second kappa shape index (κ2) is 11.9. The molecule has 198 valence electrons. The fourth-order valence-corrected chi connectivity index (χ4v) is 4.16. The Labute approximate surface area is 220 Å². The zero-order valence-corrected chi connectivity index (χ0v) is 21.7. The lowest BCUT2D eigenvalue weighted by atomic mass is 9.99. The van der Waals surface area contributed by atoms with Gasteiger partial charge in [0.05, 0.1) is 12.2 Å². The van der Waals surface area contributed by atoms with Crippen LogP contribution in [0.1, 0.15) is 45.7 Å². The van der Waals surface area contributed by atoms with Crippen LogP contribution in [-0.4, -0.2) is 38.7 Å². The molecule has 0 saturated carbocycles. The summed E-state index contributed by atoms with van der Waals surface area (Å²) in [5.74, 6) is -0.0310. The molecular formula is C30H31FN2O5. The zero-order valence-electron chi connectivity index (χ0n) is 21.7. The second-order valence-corrected chi connectivity index (χ2v) is 9.50. The van der Waals surface area contributed by atoms with Gasteiger partial charge in [-0.05, 0) is 78.1 Å². The number of carbonyl (C=O) groups is 2. The van der Waals surface area contributed by atoms with Crippen LogP contribution in [0.2, 0.25) is 0 Å². The molecular weight excluding hydrogens is 487 g/mol. The highest BCUT2D eigenvalue weighted by atomic mass is 19.1. The topological polar surface area (TPSA) is 104 Å². The molecule has 0 saturated heterocycles. The fraction of sp³-hybridized carbons (Fsp3) is 0.267. The average Bonchev–Trinajstić information content (AvgIpc) is 3.27. The molecule has 0 radical (unpaired) electrons. The highest BCUT2D eigenvalue weighted by molar-refractivity contribution is 6.10. The van der Waals surface area contributed by atoms with Crippen molar-refractivity contribution in [2.45, 2.75) is 20.3 Å². The Kier molecular flexibility index (Phi) is 8.43. The molecule has 0 bridgehead atoms. The van der Waals surface area contributed by atoms with Gasteiger partial charge in [-0.3, -0.25) is 9.59 Å². The first-order chi connectivity index (χ1) is 18.2. The lowest BCUT2D eigenvalue weighted by Gasteiger charge is -2.13. The first-order valence-electron chi connectivity index (χ1n) is 12.4. The van der Waals surface area contributed by atoms with Crippen molar-refractivity contribution < 1.29 is 27.9 Å². The molecule has 1 aromatic heterocycles. The third-order valence-corrected chi connectivity index (χ3v) is 5.97. The predicted molar refractivity (Wildman–Crippen MR) is 144 cm³/mol. The summed E-state index contributed by atoms with van der Waals surface area (Å²) in [5.41, 5.74) is 9.25. The van der Waals surface area contributed by atoms with E-state index in [1.807, 2.05) is 38.1 Å². The van der Waals surface area contributed by atoms with Gasteiger partial charge in [-0.2, -0.15) is 0 Å². The zero-order chi connectivity index (χ0) is 27.2. The molecule has 38 heavy (non-hydrogen) atoms. The van der Waals surface area contributed by atoms with E-state index in [0.29, 0.717) is 65.7 Å². The molecule has 0 fully saturated rings. The van der Waals surface area contributed by atoms with Crippen molar-refractivity contribution in [1.29, 1.82) is 0 Å². The van der Waals surface area contributed by atoms with Crippen LogP contribution in [0.3, 0.4) is 0 Å². The summed E-state index contributed by atoms with van der Waals surface area (Å²) in [4.78, 5) is 25.2. The quantitative estimate of drug-likeness (QED) is 0.261. The number of furan rings is 1. The van der Waals surface area contributed by atoms with Crippen LogP contribution in [0.25, 0.3) is 22.3 Å². The van der Waals surface area contributed by atoms with Crippen molar-refractivity contribution >= 4 is 22.8 Å². The van der Waals surface area contributed by atoms with Gasteiger partial charge < -0.3 is 24.9 Å². The first-order valence-corrected chi connectivity index (χ1v) is 12.4. The summed E-state index contributed by atoms with van der Waals surface area (Å²) < 4.78 is 30.3. The van der Waals surface area contributed by atoms with Crippen LogP contribution in [0, 0.1) is 11.7 Å². The molecule has 3 N–H and O–H groups in total. The number of methoxy groups -OCH3 is 1. The van der Waals surface area contributed by atoms with Crippen LogP contribution in [-0.2, 0) is 11.2 Å². The van der Waals surface area contributed by atoms with Crippen molar-refractivity contribution in [3.05, 3.63) is 88.7 Å². The fourth-order valence-electron chi connectivity index (χ4n) is 4.16. The van der Waals surface area contributed by atoms with Crippen LogP contribution >= 0.6 is 0 Å². The first kappa shape index (κ1) is 26.9. The van der Waals surface area contributed by atoms with E-state index < -0.39 is 11.7 Å². The van der Waals surface area contributed by atoms with Crippen molar-refractivity contribution in [3.63, 3.8) is 0 Å². The molecule has 3 aromatic carbocycles. The van der Waals surface area contributed by atoms with E-state index in [9.17, 15) is 14.0 Å². The Morgan fingerprint density at radius 1 is 1.00 bits per heavy atom. The molecule has 4 rings (SSSR count).